The number of nitrogens with zero attached hydrogens (tertiary/aromatic N) is 3. The molecule has 4 rings (SSSR count). The first-order chi connectivity index (χ1) is 17.0. The molecule has 0 fully saturated rings. The maximum atomic E-state index is 14.1. The van der Waals surface area contributed by atoms with Crippen LogP contribution in [0.1, 0.15) is 39.5 Å². The maximum Gasteiger partial charge on any atom is 0.254 e. The van der Waals surface area contributed by atoms with Gasteiger partial charge in [-0.1, -0.05) is 54.2 Å². The molecule has 0 aliphatic rings. The van der Waals surface area contributed by atoms with E-state index in [2.05, 4.69) is 15.5 Å². The number of thioether (sulfide) groups is 1. The summed E-state index contributed by atoms with van der Waals surface area (Å²) < 4.78 is 21.1. The van der Waals surface area contributed by atoms with Gasteiger partial charge in [0.2, 0.25) is 0 Å². The molecule has 0 unspecified atom stereocenters. The number of ether oxygens (including phenoxy) is 1. The van der Waals surface area contributed by atoms with E-state index >= 15 is 0 Å². The number of carbonyl (C=O) groups is 2. The summed E-state index contributed by atoms with van der Waals surface area (Å²) in [6.07, 6.45) is 0. The first kappa shape index (κ1) is 24.2. The first-order valence-corrected chi connectivity index (χ1v) is 11.8. The number of benzene rings is 3. The van der Waals surface area contributed by atoms with Crippen LogP contribution in [0.5, 0.6) is 5.75 Å². The van der Waals surface area contributed by atoms with Crippen LogP contribution in [-0.4, -0.2) is 39.3 Å². The minimum absolute atomic E-state index is 0.0522. The summed E-state index contributed by atoms with van der Waals surface area (Å²) >= 11 is 1.24. The van der Waals surface area contributed by atoms with E-state index in [-0.39, 0.29) is 17.1 Å². The number of ketones is 1. The van der Waals surface area contributed by atoms with Crippen molar-refractivity contribution >= 4 is 23.5 Å². The fraction of sp³-hybridized carbons (Fsp3) is 0.154. The number of methoxy groups -OCH3 is 1. The normalized spacial score (nSPS) is 11.6. The molecule has 1 N–H and O–H groups in total. The van der Waals surface area contributed by atoms with E-state index in [0.717, 1.165) is 5.69 Å². The SMILES string of the molecule is COc1cccc(C(=O)CSc2nnc([C@H](C)NC(=O)c3ccccc3F)n2-c2ccccc2)c1. The quantitative estimate of drug-likeness (QED) is 0.266. The van der Waals surface area contributed by atoms with Crippen LogP contribution in [0.25, 0.3) is 5.69 Å². The molecular formula is C26H23FN4O3S. The van der Waals surface area contributed by atoms with Gasteiger partial charge in [0.05, 0.1) is 24.5 Å². The molecule has 9 heteroatoms. The Kier molecular flexibility index (Phi) is 7.57. The van der Waals surface area contributed by atoms with Crippen LogP contribution in [-0.2, 0) is 0 Å². The number of para-hydroxylation sites is 1. The van der Waals surface area contributed by atoms with Gasteiger partial charge in [0.1, 0.15) is 11.6 Å². The van der Waals surface area contributed by atoms with E-state index in [0.29, 0.717) is 22.3 Å². The lowest BCUT2D eigenvalue weighted by atomic mass is 10.1. The Balaban J connectivity index is 1.58. The number of Topliss-reactive ketones (excluding diaryl/α,β-unsaturated/α-hetero) is 1. The van der Waals surface area contributed by atoms with E-state index in [1.54, 1.807) is 48.9 Å². The summed E-state index contributed by atoms with van der Waals surface area (Å²) in [5, 5.41) is 11.9. The van der Waals surface area contributed by atoms with E-state index in [4.69, 9.17) is 4.74 Å². The molecule has 0 saturated heterocycles. The van der Waals surface area contributed by atoms with Crippen molar-refractivity contribution in [1.29, 1.82) is 0 Å². The molecular weight excluding hydrogens is 467 g/mol. The molecule has 1 atom stereocenters. The Morgan fingerprint density at radius 1 is 1.03 bits per heavy atom. The second kappa shape index (κ2) is 11.0. The van der Waals surface area contributed by atoms with Crippen LogP contribution in [0.15, 0.2) is 84.0 Å². The molecule has 0 aliphatic heterocycles. The molecule has 0 saturated carbocycles. The highest BCUT2D eigenvalue weighted by atomic mass is 32.2. The minimum atomic E-state index is -0.603. The molecule has 1 amide bonds. The average Bonchev–Trinajstić information content (AvgIpc) is 3.32. The van der Waals surface area contributed by atoms with E-state index in [1.165, 1.54) is 30.0 Å². The van der Waals surface area contributed by atoms with Crippen LogP contribution in [0.2, 0.25) is 0 Å². The molecule has 3 aromatic carbocycles. The number of carbonyl (C=O) groups excluding carboxylic acids is 2. The number of rotatable bonds is 9. The van der Waals surface area contributed by atoms with Crippen molar-refractivity contribution in [3.63, 3.8) is 0 Å². The lowest BCUT2D eigenvalue weighted by molar-refractivity contribution is 0.0933. The molecule has 1 aromatic heterocycles. The van der Waals surface area contributed by atoms with E-state index in [1.807, 2.05) is 30.3 Å². The Bertz CT molecular complexity index is 1340. The standard InChI is InChI=1S/C26H23FN4O3S/c1-17(28-25(33)21-13-6-7-14-22(21)27)24-29-30-26(31(24)19-10-4-3-5-11-19)35-16-23(32)18-9-8-12-20(15-18)34-2/h3-15,17H,16H2,1-2H3,(H,28,33)/t17-/m0/s1. The molecule has 1 heterocycles. The van der Waals surface area contributed by atoms with E-state index in [9.17, 15) is 14.0 Å². The number of halogens is 1. The fourth-order valence-electron chi connectivity index (χ4n) is 3.47. The summed E-state index contributed by atoms with van der Waals surface area (Å²) in [6.45, 7) is 1.75. The van der Waals surface area contributed by atoms with Gasteiger partial charge in [0, 0.05) is 11.3 Å². The summed E-state index contributed by atoms with van der Waals surface area (Å²) in [4.78, 5) is 25.4. The molecule has 35 heavy (non-hydrogen) atoms. The molecule has 0 radical (unpaired) electrons. The highest BCUT2D eigenvalue weighted by molar-refractivity contribution is 7.99. The first-order valence-electron chi connectivity index (χ1n) is 10.8. The van der Waals surface area contributed by atoms with Gasteiger partial charge in [-0.05, 0) is 43.3 Å². The van der Waals surface area contributed by atoms with Crippen molar-refractivity contribution in [2.75, 3.05) is 12.9 Å². The van der Waals surface area contributed by atoms with Crippen LogP contribution < -0.4 is 10.1 Å². The monoisotopic (exact) mass is 490 g/mol. The van der Waals surface area contributed by atoms with Crippen molar-refractivity contribution in [2.45, 2.75) is 18.1 Å². The second-order valence-corrected chi connectivity index (χ2v) is 8.57. The predicted molar refractivity (Wildman–Crippen MR) is 132 cm³/mol. The van der Waals surface area contributed by atoms with Crippen molar-refractivity contribution in [2.24, 2.45) is 0 Å². The lowest BCUT2D eigenvalue weighted by Gasteiger charge is -2.16. The van der Waals surface area contributed by atoms with Crippen molar-refractivity contribution in [1.82, 2.24) is 20.1 Å². The van der Waals surface area contributed by atoms with Crippen LogP contribution in [0, 0.1) is 5.82 Å². The molecule has 0 spiro atoms. The third kappa shape index (κ3) is 5.58. The summed E-state index contributed by atoms with van der Waals surface area (Å²) in [7, 11) is 1.55. The second-order valence-electron chi connectivity index (χ2n) is 7.63. The van der Waals surface area contributed by atoms with Gasteiger partial charge in [0.25, 0.3) is 5.91 Å². The van der Waals surface area contributed by atoms with Gasteiger partial charge >= 0.3 is 0 Å². The van der Waals surface area contributed by atoms with Crippen molar-refractivity contribution in [3.8, 4) is 11.4 Å². The predicted octanol–water partition coefficient (Wildman–Crippen LogP) is 4.88. The molecule has 0 aliphatic carbocycles. The summed E-state index contributed by atoms with van der Waals surface area (Å²) in [6, 6.07) is 21.6. The average molecular weight is 491 g/mol. The summed E-state index contributed by atoms with van der Waals surface area (Å²) in [5.41, 5.74) is 1.26. The van der Waals surface area contributed by atoms with Crippen LogP contribution in [0.4, 0.5) is 4.39 Å². The van der Waals surface area contributed by atoms with Gasteiger partial charge in [-0.25, -0.2) is 4.39 Å². The highest BCUT2D eigenvalue weighted by Gasteiger charge is 2.23. The smallest absolute Gasteiger partial charge is 0.254 e. The number of nitrogens with one attached hydrogen (secondary N) is 1. The van der Waals surface area contributed by atoms with Crippen LogP contribution in [0.3, 0.4) is 0 Å². The molecule has 178 valence electrons. The number of amides is 1. The third-order valence-corrected chi connectivity index (χ3v) is 6.18. The molecule has 7 nitrogen and oxygen atoms in total. The van der Waals surface area contributed by atoms with Crippen LogP contribution >= 0.6 is 11.8 Å². The Labute approximate surface area is 206 Å². The number of hydrogen-bond donors (Lipinski definition) is 1. The number of hydrogen-bond acceptors (Lipinski definition) is 6. The third-order valence-electron chi connectivity index (χ3n) is 5.25. The van der Waals surface area contributed by atoms with Gasteiger partial charge in [-0.15, -0.1) is 10.2 Å². The van der Waals surface area contributed by atoms with Gasteiger partial charge in [-0.3, -0.25) is 14.2 Å². The van der Waals surface area contributed by atoms with Gasteiger partial charge < -0.3 is 10.1 Å². The largest absolute Gasteiger partial charge is 0.497 e. The Morgan fingerprint density at radius 3 is 2.51 bits per heavy atom. The Morgan fingerprint density at radius 2 is 1.77 bits per heavy atom. The van der Waals surface area contributed by atoms with Crippen molar-refractivity contribution < 1.29 is 18.7 Å². The zero-order valence-electron chi connectivity index (χ0n) is 19.1. The minimum Gasteiger partial charge on any atom is -0.497 e. The molecule has 0 bridgehead atoms. The maximum absolute atomic E-state index is 14.1. The zero-order chi connectivity index (χ0) is 24.8. The van der Waals surface area contributed by atoms with Gasteiger partial charge in [-0.2, -0.15) is 0 Å². The fourth-order valence-corrected chi connectivity index (χ4v) is 4.32. The van der Waals surface area contributed by atoms with Crippen molar-refractivity contribution in [3.05, 3.63) is 102 Å². The lowest BCUT2D eigenvalue weighted by Crippen LogP contribution is -2.29. The molecule has 4 aromatic rings. The Hall–Kier alpha value is -3.98. The zero-order valence-corrected chi connectivity index (χ0v) is 20.0. The topological polar surface area (TPSA) is 86.1 Å². The number of aromatic nitrogens is 3. The van der Waals surface area contributed by atoms with E-state index < -0.39 is 17.8 Å². The highest BCUT2D eigenvalue weighted by Crippen LogP contribution is 2.26. The summed E-state index contributed by atoms with van der Waals surface area (Å²) in [5.74, 6) is -0.0467. The van der Waals surface area contributed by atoms with Gasteiger partial charge in [0.15, 0.2) is 16.8 Å².